The van der Waals surface area contributed by atoms with Gasteiger partial charge >= 0.3 is 0 Å². The van der Waals surface area contributed by atoms with Gasteiger partial charge in [-0.3, -0.25) is 15.0 Å². The Morgan fingerprint density at radius 3 is 2.53 bits per heavy atom. The minimum Gasteiger partial charge on any atom is -0.444 e. The predicted octanol–water partition coefficient (Wildman–Crippen LogP) is 1.99. The average Bonchev–Trinajstić information content (AvgIpc) is 2.96. The Kier molecular flexibility index (Phi) is 6.21. The van der Waals surface area contributed by atoms with E-state index in [4.69, 9.17) is 4.42 Å². The molecular formula is C19H20F2N4O4S. The lowest BCUT2D eigenvalue weighted by Crippen LogP contribution is -2.50. The highest BCUT2D eigenvalue weighted by Crippen LogP contribution is 2.25. The van der Waals surface area contributed by atoms with E-state index in [1.807, 2.05) is 6.07 Å². The van der Waals surface area contributed by atoms with E-state index in [1.54, 1.807) is 18.7 Å². The van der Waals surface area contributed by atoms with Gasteiger partial charge in [-0.05, 0) is 32.0 Å². The molecule has 30 heavy (non-hydrogen) atoms. The maximum atomic E-state index is 13.9. The summed E-state index contributed by atoms with van der Waals surface area (Å²) in [6, 6.07) is 4.27. The topological polar surface area (TPSA) is 107 Å². The number of nitriles is 1. The fourth-order valence-corrected chi connectivity index (χ4v) is 4.66. The molecule has 2 heterocycles. The van der Waals surface area contributed by atoms with Crippen LogP contribution >= 0.6 is 0 Å². The predicted molar refractivity (Wildman–Crippen MR) is 103 cm³/mol. The fourth-order valence-electron chi connectivity index (χ4n) is 3.16. The zero-order valence-electron chi connectivity index (χ0n) is 16.4. The van der Waals surface area contributed by atoms with Gasteiger partial charge in [-0.25, -0.2) is 17.2 Å². The zero-order chi connectivity index (χ0) is 22.1. The molecule has 1 amide bonds. The van der Waals surface area contributed by atoms with Crippen molar-refractivity contribution in [2.75, 3.05) is 38.0 Å². The van der Waals surface area contributed by atoms with E-state index in [1.165, 1.54) is 0 Å². The van der Waals surface area contributed by atoms with Gasteiger partial charge < -0.3 is 4.42 Å². The second-order valence-corrected chi connectivity index (χ2v) is 8.81. The highest BCUT2D eigenvalue weighted by molar-refractivity contribution is 7.89. The standard InChI is InChI=1S/C19H20F2N4O4S/c1-12-13(2)29-19(15(12)10-22)23-18(26)11-24-5-7-25(8-6-24)30(27,28)17-9-14(20)3-4-16(17)21/h3-4,9H,5-8,11H2,1-2H3,(H,23,26). The molecule has 2 aromatic rings. The first-order valence-electron chi connectivity index (χ1n) is 9.11. The van der Waals surface area contributed by atoms with E-state index >= 15 is 0 Å². The van der Waals surface area contributed by atoms with Crippen molar-refractivity contribution >= 4 is 21.8 Å². The first-order valence-corrected chi connectivity index (χ1v) is 10.5. The van der Waals surface area contributed by atoms with Crippen molar-refractivity contribution < 1.29 is 26.4 Å². The van der Waals surface area contributed by atoms with Gasteiger partial charge in [0.1, 0.15) is 33.9 Å². The van der Waals surface area contributed by atoms with E-state index in [9.17, 15) is 27.3 Å². The summed E-state index contributed by atoms with van der Waals surface area (Å²) in [7, 11) is -4.19. The molecule has 0 saturated carbocycles. The molecule has 1 fully saturated rings. The summed E-state index contributed by atoms with van der Waals surface area (Å²) in [5.74, 6) is -1.65. The van der Waals surface area contributed by atoms with E-state index in [-0.39, 0.29) is 44.2 Å². The second kappa shape index (κ2) is 8.51. The monoisotopic (exact) mass is 438 g/mol. The van der Waals surface area contributed by atoms with Crippen LogP contribution in [0, 0.1) is 36.8 Å². The van der Waals surface area contributed by atoms with Crippen LogP contribution in [0.2, 0.25) is 0 Å². The number of nitrogens with zero attached hydrogens (tertiary/aromatic N) is 3. The molecule has 11 heteroatoms. The number of benzene rings is 1. The molecule has 0 radical (unpaired) electrons. The van der Waals surface area contributed by atoms with Gasteiger partial charge in [0.15, 0.2) is 0 Å². The summed E-state index contributed by atoms with van der Waals surface area (Å²) in [4.78, 5) is 13.3. The number of sulfonamides is 1. The van der Waals surface area contributed by atoms with Crippen LogP contribution in [0.5, 0.6) is 0 Å². The van der Waals surface area contributed by atoms with E-state index in [0.717, 1.165) is 16.4 Å². The molecule has 8 nitrogen and oxygen atoms in total. The number of amides is 1. The molecule has 0 atom stereocenters. The average molecular weight is 438 g/mol. The molecule has 1 aromatic heterocycles. The van der Waals surface area contributed by atoms with Gasteiger partial charge in [0, 0.05) is 31.7 Å². The van der Waals surface area contributed by atoms with Crippen molar-refractivity contribution in [3.8, 4) is 6.07 Å². The minimum atomic E-state index is -4.19. The molecule has 1 saturated heterocycles. The maximum Gasteiger partial charge on any atom is 0.246 e. The van der Waals surface area contributed by atoms with Crippen LogP contribution in [0.15, 0.2) is 27.5 Å². The third-order valence-electron chi connectivity index (χ3n) is 4.96. The SMILES string of the molecule is Cc1oc(NC(=O)CN2CCN(S(=O)(=O)c3cc(F)ccc3F)CC2)c(C#N)c1C. The number of piperazine rings is 1. The number of anilines is 1. The fraction of sp³-hybridized carbons (Fsp3) is 0.368. The Morgan fingerprint density at radius 2 is 1.90 bits per heavy atom. The Bertz CT molecular complexity index is 1120. The maximum absolute atomic E-state index is 13.9. The number of hydrogen-bond donors (Lipinski definition) is 1. The van der Waals surface area contributed by atoms with Crippen LogP contribution in [-0.4, -0.2) is 56.3 Å². The Balaban J connectivity index is 1.61. The molecule has 0 aliphatic carbocycles. The first-order chi connectivity index (χ1) is 14.1. The normalized spacial score (nSPS) is 15.7. The number of rotatable bonds is 5. The highest BCUT2D eigenvalue weighted by atomic mass is 32.2. The summed E-state index contributed by atoms with van der Waals surface area (Å²) in [6.07, 6.45) is 0. The molecule has 1 aliphatic heterocycles. The largest absolute Gasteiger partial charge is 0.444 e. The van der Waals surface area contributed by atoms with Gasteiger partial charge in [0.05, 0.1) is 6.54 Å². The van der Waals surface area contributed by atoms with Crippen molar-refractivity contribution in [3.05, 3.63) is 46.7 Å². The molecule has 1 N–H and O–H groups in total. The van der Waals surface area contributed by atoms with Crippen molar-refractivity contribution in [2.45, 2.75) is 18.7 Å². The van der Waals surface area contributed by atoms with Crippen LogP contribution in [0.3, 0.4) is 0 Å². The van der Waals surface area contributed by atoms with Crippen LogP contribution in [0.4, 0.5) is 14.7 Å². The van der Waals surface area contributed by atoms with Gasteiger partial charge in [-0.15, -0.1) is 0 Å². The van der Waals surface area contributed by atoms with Crippen LogP contribution in [0.25, 0.3) is 0 Å². The van der Waals surface area contributed by atoms with Crippen molar-refractivity contribution in [2.24, 2.45) is 0 Å². The van der Waals surface area contributed by atoms with Crippen LogP contribution in [-0.2, 0) is 14.8 Å². The Hall–Kier alpha value is -2.81. The number of carbonyl (C=O) groups excluding carboxylic acids is 1. The molecular weight excluding hydrogens is 418 g/mol. The summed E-state index contributed by atoms with van der Waals surface area (Å²) in [6.45, 7) is 3.87. The summed E-state index contributed by atoms with van der Waals surface area (Å²) in [5, 5.41) is 11.8. The molecule has 1 aliphatic rings. The number of halogens is 2. The third-order valence-corrected chi connectivity index (χ3v) is 6.87. The van der Waals surface area contributed by atoms with Gasteiger partial charge in [0.25, 0.3) is 0 Å². The smallest absolute Gasteiger partial charge is 0.246 e. The minimum absolute atomic E-state index is 0.0218. The summed E-state index contributed by atoms with van der Waals surface area (Å²) >= 11 is 0. The highest BCUT2D eigenvalue weighted by Gasteiger charge is 2.31. The molecule has 0 unspecified atom stereocenters. The second-order valence-electron chi connectivity index (χ2n) is 6.90. The summed E-state index contributed by atoms with van der Waals surface area (Å²) in [5.41, 5.74) is 0.907. The molecule has 3 rings (SSSR count). The number of carbonyl (C=O) groups is 1. The van der Waals surface area contributed by atoms with Crippen molar-refractivity contribution in [1.29, 1.82) is 5.26 Å². The quantitative estimate of drug-likeness (QED) is 0.765. The van der Waals surface area contributed by atoms with E-state index < -0.39 is 32.5 Å². The molecule has 1 aromatic carbocycles. The van der Waals surface area contributed by atoms with Gasteiger partial charge in [-0.1, -0.05) is 0 Å². The molecule has 160 valence electrons. The van der Waals surface area contributed by atoms with E-state index in [2.05, 4.69) is 5.32 Å². The van der Waals surface area contributed by atoms with Crippen molar-refractivity contribution in [3.63, 3.8) is 0 Å². The number of aryl methyl sites for hydroxylation is 1. The lowest BCUT2D eigenvalue weighted by atomic mass is 10.2. The van der Waals surface area contributed by atoms with E-state index in [0.29, 0.717) is 17.4 Å². The van der Waals surface area contributed by atoms with Crippen molar-refractivity contribution in [1.82, 2.24) is 9.21 Å². The number of nitrogens with one attached hydrogen (secondary N) is 1. The van der Waals surface area contributed by atoms with Crippen LogP contribution in [0.1, 0.15) is 16.9 Å². The Labute approximate surface area is 172 Å². The zero-order valence-corrected chi connectivity index (χ0v) is 17.2. The lowest BCUT2D eigenvalue weighted by Gasteiger charge is -2.33. The third kappa shape index (κ3) is 4.35. The molecule has 0 spiro atoms. The first kappa shape index (κ1) is 21.9. The number of furan rings is 1. The number of hydrogen-bond acceptors (Lipinski definition) is 6. The van der Waals surface area contributed by atoms with Gasteiger partial charge in [0.2, 0.25) is 21.8 Å². The lowest BCUT2D eigenvalue weighted by molar-refractivity contribution is -0.117. The summed E-state index contributed by atoms with van der Waals surface area (Å²) < 4.78 is 59.0. The Morgan fingerprint density at radius 1 is 1.23 bits per heavy atom. The van der Waals surface area contributed by atoms with Crippen LogP contribution < -0.4 is 5.32 Å². The molecule has 0 bridgehead atoms. The van der Waals surface area contributed by atoms with Gasteiger partial charge in [-0.2, -0.15) is 9.57 Å².